The van der Waals surface area contributed by atoms with Crippen LogP contribution in [0.5, 0.6) is 0 Å². The molecule has 1 aromatic carbocycles. The summed E-state index contributed by atoms with van der Waals surface area (Å²) in [5.74, 6) is 0. The first-order chi connectivity index (χ1) is 4.22. The first-order valence-electron chi connectivity index (χ1n) is 2.82. The fourth-order valence-electron chi connectivity index (χ4n) is 0.672. The zero-order chi connectivity index (χ0) is 6.85. The molecule has 0 aliphatic rings. The SMILES string of the molecule is Cc1c(N)cccc1N.Cl.Cl. The van der Waals surface area contributed by atoms with Gasteiger partial charge in [-0.3, -0.25) is 0 Å². The van der Waals surface area contributed by atoms with Gasteiger partial charge in [0.15, 0.2) is 0 Å². The Morgan fingerprint density at radius 2 is 1.36 bits per heavy atom. The number of benzene rings is 1. The maximum atomic E-state index is 5.54. The van der Waals surface area contributed by atoms with Crippen LogP contribution < -0.4 is 11.5 Å². The third kappa shape index (κ3) is 2.87. The van der Waals surface area contributed by atoms with Crippen molar-refractivity contribution in [1.29, 1.82) is 0 Å². The van der Waals surface area contributed by atoms with Crippen molar-refractivity contribution >= 4 is 36.2 Å². The number of hydrogen-bond acceptors (Lipinski definition) is 2. The highest BCUT2D eigenvalue weighted by molar-refractivity contribution is 5.85. The van der Waals surface area contributed by atoms with Crippen LogP contribution in [0.25, 0.3) is 0 Å². The van der Waals surface area contributed by atoms with Crippen molar-refractivity contribution in [2.24, 2.45) is 0 Å². The van der Waals surface area contributed by atoms with Crippen molar-refractivity contribution in [3.8, 4) is 0 Å². The first kappa shape index (κ1) is 13.0. The summed E-state index contributed by atoms with van der Waals surface area (Å²) in [6.07, 6.45) is 0. The van der Waals surface area contributed by atoms with Gasteiger partial charge in [-0.05, 0) is 24.6 Å². The van der Waals surface area contributed by atoms with E-state index in [1.807, 2.05) is 25.1 Å². The smallest absolute Gasteiger partial charge is 0.0364 e. The summed E-state index contributed by atoms with van der Waals surface area (Å²) < 4.78 is 0. The Morgan fingerprint density at radius 1 is 1.00 bits per heavy atom. The number of rotatable bonds is 0. The van der Waals surface area contributed by atoms with E-state index in [2.05, 4.69) is 0 Å². The van der Waals surface area contributed by atoms with Crippen LogP contribution in [-0.4, -0.2) is 0 Å². The molecule has 0 aromatic heterocycles. The highest BCUT2D eigenvalue weighted by Crippen LogP contribution is 2.16. The Kier molecular flexibility index (Phi) is 6.04. The van der Waals surface area contributed by atoms with Crippen LogP contribution in [0.15, 0.2) is 18.2 Å². The Labute approximate surface area is 78.8 Å². The van der Waals surface area contributed by atoms with E-state index < -0.39 is 0 Å². The minimum atomic E-state index is 0. The second kappa shape index (κ2) is 5.10. The Bertz CT molecular complexity index is 205. The van der Waals surface area contributed by atoms with Crippen molar-refractivity contribution in [1.82, 2.24) is 0 Å². The summed E-state index contributed by atoms with van der Waals surface area (Å²) in [6.45, 7) is 1.91. The zero-order valence-electron chi connectivity index (χ0n) is 6.20. The predicted molar refractivity (Wildman–Crippen MR) is 54.5 cm³/mol. The maximum Gasteiger partial charge on any atom is 0.0364 e. The second-order valence-corrected chi connectivity index (χ2v) is 2.06. The van der Waals surface area contributed by atoms with Gasteiger partial charge in [-0.2, -0.15) is 0 Å². The van der Waals surface area contributed by atoms with E-state index in [1.165, 1.54) is 0 Å². The quantitative estimate of drug-likeness (QED) is 0.622. The fraction of sp³-hybridized carbons (Fsp3) is 0.143. The molecule has 0 amide bonds. The number of nitrogens with two attached hydrogens (primary N) is 2. The van der Waals surface area contributed by atoms with Crippen molar-refractivity contribution in [3.05, 3.63) is 23.8 Å². The average molecular weight is 195 g/mol. The van der Waals surface area contributed by atoms with Crippen molar-refractivity contribution in [2.75, 3.05) is 11.5 Å². The molecule has 11 heavy (non-hydrogen) atoms. The van der Waals surface area contributed by atoms with E-state index in [-0.39, 0.29) is 24.8 Å². The minimum absolute atomic E-state index is 0. The van der Waals surface area contributed by atoms with Gasteiger partial charge in [0, 0.05) is 11.4 Å². The molecule has 0 heterocycles. The van der Waals surface area contributed by atoms with Gasteiger partial charge in [0.05, 0.1) is 0 Å². The summed E-state index contributed by atoms with van der Waals surface area (Å²) in [5.41, 5.74) is 13.6. The lowest BCUT2D eigenvalue weighted by atomic mass is 10.2. The number of hydrogen-bond donors (Lipinski definition) is 2. The van der Waals surface area contributed by atoms with Gasteiger partial charge in [-0.1, -0.05) is 6.07 Å². The molecule has 0 saturated heterocycles. The molecule has 0 unspecified atom stereocenters. The normalized spacial score (nSPS) is 7.73. The zero-order valence-corrected chi connectivity index (χ0v) is 7.84. The number of nitrogen functional groups attached to an aromatic ring is 2. The lowest BCUT2D eigenvalue weighted by Gasteiger charge is -2.00. The highest BCUT2D eigenvalue weighted by atomic mass is 35.5. The summed E-state index contributed by atoms with van der Waals surface area (Å²) in [4.78, 5) is 0. The lowest BCUT2D eigenvalue weighted by Crippen LogP contribution is -1.94. The molecule has 1 aromatic rings. The molecule has 4 heteroatoms. The molecular weight excluding hydrogens is 183 g/mol. The molecule has 0 fully saturated rings. The van der Waals surface area contributed by atoms with Crippen LogP contribution in [0.4, 0.5) is 11.4 Å². The first-order valence-corrected chi connectivity index (χ1v) is 2.82. The maximum absolute atomic E-state index is 5.54. The van der Waals surface area contributed by atoms with Crippen LogP contribution in [0.3, 0.4) is 0 Å². The number of anilines is 2. The van der Waals surface area contributed by atoms with Gasteiger partial charge in [-0.15, -0.1) is 24.8 Å². The molecular formula is C7H12Cl2N2. The van der Waals surface area contributed by atoms with Crippen LogP contribution in [0.1, 0.15) is 5.56 Å². The Hall–Kier alpha value is -0.600. The molecule has 0 aliphatic carbocycles. The van der Waals surface area contributed by atoms with E-state index in [4.69, 9.17) is 11.5 Å². The molecule has 0 spiro atoms. The van der Waals surface area contributed by atoms with Gasteiger partial charge in [-0.25, -0.2) is 0 Å². The third-order valence-electron chi connectivity index (χ3n) is 1.42. The van der Waals surface area contributed by atoms with Gasteiger partial charge >= 0.3 is 0 Å². The lowest BCUT2D eigenvalue weighted by molar-refractivity contribution is 1.47. The fourth-order valence-corrected chi connectivity index (χ4v) is 0.672. The van der Waals surface area contributed by atoms with Crippen LogP contribution in [0.2, 0.25) is 0 Å². The molecule has 1 rings (SSSR count). The second-order valence-electron chi connectivity index (χ2n) is 2.06. The standard InChI is InChI=1S/C7H10N2.2ClH/c1-5-6(8)3-2-4-7(5)9;;/h2-4H,8-9H2,1H3;2*1H. The third-order valence-corrected chi connectivity index (χ3v) is 1.42. The summed E-state index contributed by atoms with van der Waals surface area (Å²) in [7, 11) is 0. The van der Waals surface area contributed by atoms with E-state index >= 15 is 0 Å². The molecule has 64 valence electrons. The highest BCUT2D eigenvalue weighted by Gasteiger charge is 1.93. The Morgan fingerprint density at radius 3 is 1.64 bits per heavy atom. The van der Waals surface area contributed by atoms with Gasteiger partial charge in [0.25, 0.3) is 0 Å². The van der Waals surface area contributed by atoms with Crippen molar-refractivity contribution in [2.45, 2.75) is 6.92 Å². The summed E-state index contributed by atoms with van der Waals surface area (Å²) in [6, 6.07) is 5.52. The van der Waals surface area contributed by atoms with Gasteiger partial charge < -0.3 is 11.5 Å². The molecule has 4 N–H and O–H groups in total. The molecule has 0 aliphatic heterocycles. The largest absolute Gasteiger partial charge is 0.398 e. The monoisotopic (exact) mass is 194 g/mol. The molecule has 0 radical (unpaired) electrons. The van der Waals surface area contributed by atoms with Crippen molar-refractivity contribution < 1.29 is 0 Å². The minimum Gasteiger partial charge on any atom is -0.398 e. The van der Waals surface area contributed by atoms with Gasteiger partial charge in [0.1, 0.15) is 0 Å². The number of halogens is 2. The van der Waals surface area contributed by atoms with E-state index in [0.29, 0.717) is 0 Å². The van der Waals surface area contributed by atoms with E-state index in [0.717, 1.165) is 16.9 Å². The van der Waals surface area contributed by atoms with Gasteiger partial charge in [0.2, 0.25) is 0 Å². The average Bonchev–Trinajstić information content (AvgIpc) is 1.83. The molecule has 2 nitrogen and oxygen atoms in total. The van der Waals surface area contributed by atoms with Crippen LogP contribution in [-0.2, 0) is 0 Å². The molecule has 0 atom stereocenters. The molecule has 0 bridgehead atoms. The van der Waals surface area contributed by atoms with Crippen molar-refractivity contribution in [3.63, 3.8) is 0 Å². The van der Waals surface area contributed by atoms with E-state index in [9.17, 15) is 0 Å². The Balaban J connectivity index is 0. The van der Waals surface area contributed by atoms with Crippen LogP contribution >= 0.6 is 24.8 Å². The summed E-state index contributed by atoms with van der Waals surface area (Å²) >= 11 is 0. The predicted octanol–water partition coefficient (Wildman–Crippen LogP) is 2.00. The topological polar surface area (TPSA) is 52.0 Å². The van der Waals surface area contributed by atoms with E-state index in [1.54, 1.807) is 0 Å². The van der Waals surface area contributed by atoms with Crippen LogP contribution in [0, 0.1) is 6.92 Å². The molecule has 0 saturated carbocycles. The summed E-state index contributed by atoms with van der Waals surface area (Å²) in [5, 5.41) is 0.